The first-order valence-electron chi connectivity index (χ1n) is 7.26. The number of H-pyrrole nitrogens is 1. The first-order valence-corrected chi connectivity index (χ1v) is 8.24. The van der Waals surface area contributed by atoms with Gasteiger partial charge in [-0.2, -0.15) is 0 Å². The molecule has 4 heteroatoms. The standard InChI is InChI=1S/C18H17NO2S/c20-18(21)16-12-14-15(19-16)9-4-10-17(14)22-11-5-8-13-6-2-1-3-7-13/h1-4,6-7,9-10,12,19H,5,8,11H2,(H,20,21). The predicted octanol–water partition coefficient (Wildman–Crippen LogP) is 4.59. The van der Waals surface area contributed by atoms with Crippen molar-refractivity contribution in [2.45, 2.75) is 17.7 Å². The fourth-order valence-corrected chi connectivity index (χ4v) is 3.48. The van der Waals surface area contributed by atoms with Crippen LogP contribution in [0.3, 0.4) is 0 Å². The summed E-state index contributed by atoms with van der Waals surface area (Å²) in [5, 5.41) is 10.1. The third kappa shape index (κ3) is 3.34. The van der Waals surface area contributed by atoms with Gasteiger partial charge in [-0.05, 0) is 42.4 Å². The molecule has 2 N–H and O–H groups in total. The zero-order valence-corrected chi connectivity index (χ0v) is 12.9. The van der Waals surface area contributed by atoms with Crippen LogP contribution in [0.25, 0.3) is 10.9 Å². The Morgan fingerprint density at radius 1 is 1.09 bits per heavy atom. The number of fused-ring (bicyclic) bond motifs is 1. The lowest BCUT2D eigenvalue weighted by atomic mass is 10.1. The molecular weight excluding hydrogens is 294 g/mol. The van der Waals surface area contributed by atoms with Crippen LogP contribution in [0.15, 0.2) is 59.5 Å². The highest BCUT2D eigenvalue weighted by molar-refractivity contribution is 7.99. The van der Waals surface area contributed by atoms with Crippen LogP contribution in [0.1, 0.15) is 22.5 Å². The van der Waals surface area contributed by atoms with E-state index in [2.05, 4.69) is 35.3 Å². The Morgan fingerprint density at radius 3 is 2.68 bits per heavy atom. The van der Waals surface area contributed by atoms with Gasteiger partial charge >= 0.3 is 5.97 Å². The summed E-state index contributed by atoms with van der Waals surface area (Å²) < 4.78 is 0. The van der Waals surface area contributed by atoms with E-state index in [1.165, 1.54) is 5.56 Å². The molecule has 0 aliphatic carbocycles. The van der Waals surface area contributed by atoms with Crippen molar-refractivity contribution in [3.63, 3.8) is 0 Å². The lowest BCUT2D eigenvalue weighted by molar-refractivity contribution is 0.0691. The zero-order chi connectivity index (χ0) is 15.4. The van der Waals surface area contributed by atoms with Crippen molar-refractivity contribution in [1.82, 2.24) is 4.98 Å². The van der Waals surface area contributed by atoms with Gasteiger partial charge in [0, 0.05) is 15.8 Å². The molecule has 112 valence electrons. The molecule has 1 heterocycles. The lowest BCUT2D eigenvalue weighted by Gasteiger charge is -2.04. The van der Waals surface area contributed by atoms with E-state index in [4.69, 9.17) is 5.11 Å². The van der Waals surface area contributed by atoms with Crippen LogP contribution < -0.4 is 0 Å². The van der Waals surface area contributed by atoms with E-state index in [0.717, 1.165) is 34.4 Å². The van der Waals surface area contributed by atoms with E-state index in [0.29, 0.717) is 0 Å². The van der Waals surface area contributed by atoms with Crippen LogP contribution >= 0.6 is 11.8 Å². The van der Waals surface area contributed by atoms with Crippen LogP contribution in [0.5, 0.6) is 0 Å². The van der Waals surface area contributed by atoms with E-state index in [9.17, 15) is 4.79 Å². The average Bonchev–Trinajstić information content (AvgIpc) is 2.98. The van der Waals surface area contributed by atoms with Gasteiger partial charge in [0.25, 0.3) is 0 Å². The van der Waals surface area contributed by atoms with Crippen molar-refractivity contribution >= 4 is 28.6 Å². The Balaban J connectivity index is 1.65. The summed E-state index contributed by atoms with van der Waals surface area (Å²) in [5.74, 6) is 0.0953. The van der Waals surface area contributed by atoms with Crippen molar-refractivity contribution in [3.05, 3.63) is 65.9 Å². The van der Waals surface area contributed by atoms with Gasteiger partial charge in [0.15, 0.2) is 0 Å². The highest BCUT2D eigenvalue weighted by Gasteiger charge is 2.10. The third-order valence-electron chi connectivity index (χ3n) is 3.56. The zero-order valence-electron chi connectivity index (χ0n) is 12.1. The molecule has 3 rings (SSSR count). The normalized spacial score (nSPS) is 10.9. The number of thioether (sulfide) groups is 1. The first kappa shape index (κ1) is 14.7. The van der Waals surface area contributed by atoms with Gasteiger partial charge in [-0.1, -0.05) is 36.4 Å². The van der Waals surface area contributed by atoms with Crippen LogP contribution in [-0.4, -0.2) is 21.8 Å². The summed E-state index contributed by atoms with van der Waals surface area (Å²) in [6.07, 6.45) is 2.17. The molecule has 3 nitrogen and oxygen atoms in total. The topological polar surface area (TPSA) is 53.1 Å². The molecule has 0 amide bonds. The highest BCUT2D eigenvalue weighted by Crippen LogP contribution is 2.29. The minimum Gasteiger partial charge on any atom is -0.477 e. The molecule has 3 aromatic rings. The van der Waals surface area contributed by atoms with E-state index < -0.39 is 5.97 Å². The summed E-state index contributed by atoms with van der Waals surface area (Å²) in [7, 11) is 0. The average molecular weight is 311 g/mol. The second kappa shape index (κ2) is 6.71. The largest absolute Gasteiger partial charge is 0.477 e. The molecule has 0 radical (unpaired) electrons. The monoisotopic (exact) mass is 311 g/mol. The van der Waals surface area contributed by atoms with Crippen LogP contribution in [-0.2, 0) is 6.42 Å². The molecule has 0 spiro atoms. The second-order valence-electron chi connectivity index (χ2n) is 5.14. The number of nitrogens with one attached hydrogen (secondary N) is 1. The fraction of sp³-hybridized carbons (Fsp3) is 0.167. The van der Waals surface area contributed by atoms with E-state index in [-0.39, 0.29) is 5.69 Å². The number of carboxylic acids is 1. The summed E-state index contributed by atoms with van der Waals surface area (Å²) in [4.78, 5) is 15.1. The van der Waals surface area contributed by atoms with Gasteiger partial charge < -0.3 is 10.1 Å². The summed E-state index contributed by atoms with van der Waals surface area (Å²) >= 11 is 1.78. The Hall–Kier alpha value is -2.20. The summed E-state index contributed by atoms with van der Waals surface area (Å²) in [6, 6.07) is 18.1. The number of aryl methyl sites for hydroxylation is 1. The highest BCUT2D eigenvalue weighted by atomic mass is 32.2. The van der Waals surface area contributed by atoms with Gasteiger partial charge in [-0.15, -0.1) is 11.8 Å². The minimum atomic E-state index is -0.920. The van der Waals surface area contributed by atoms with E-state index in [1.807, 2.05) is 18.2 Å². The van der Waals surface area contributed by atoms with E-state index in [1.54, 1.807) is 17.8 Å². The molecule has 1 aromatic heterocycles. The molecule has 0 fully saturated rings. The number of hydrogen-bond donors (Lipinski definition) is 2. The van der Waals surface area contributed by atoms with Crippen LogP contribution in [0.2, 0.25) is 0 Å². The number of aromatic carboxylic acids is 1. The van der Waals surface area contributed by atoms with Crippen molar-refractivity contribution in [2.24, 2.45) is 0 Å². The number of rotatable bonds is 6. The van der Waals surface area contributed by atoms with Crippen molar-refractivity contribution in [3.8, 4) is 0 Å². The van der Waals surface area contributed by atoms with Gasteiger partial charge in [0.05, 0.1) is 0 Å². The second-order valence-corrected chi connectivity index (χ2v) is 6.28. The lowest BCUT2D eigenvalue weighted by Crippen LogP contribution is -1.94. The summed E-state index contributed by atoms with van der Waals surface area (Å²) in [6.45, 7) is 0. The van der Waals surface area contributed by atoms with Crippen molar-refractivity contribution < 1.29 is 9.90 Å². The van der Waals surface area contributed by atoms with Crippen LogP contribution in [0.4, 0.5) is 0 Å². The molecule has 0 atom stereocenters. The molecule has 22 heavy (non-hydrogen) atoms. The fourth-order valence-electron chi connectivity index (χ4n) is 2.47. The van der Waals surface area contributed by atoms with E-state index >= 15 is 0 Å². The molecule has 0 aliphatic heterocycles. The first-order chi connectivity index (χ1) is 10.7. The molecule has 0 saturated carbocycles. The number of aromatic nitrogens is 1. The quantitative estimate of drug-likeness (QED) is 0.517. The minimum absolute atomic E-state index is 0.243. The maximum atomic E-state index is 11.1. The maximum absolute atomic E-state index is 11.1. The Kier molecular flexibility index (Phi) is 4.49. The van der Waals surface area contributed by atoms with Crippen molar-refractivity contribution in [2.75, 3.05) is 5.75 Å². The molecule has 0 saturated heterocycles. The van der Waals surface area contributed by atoms with Crippen molar-refractivity contribution in [1.29, 1.82) is 0 Å². The summed E-state index contributed by atoms with van der Waals surface area (Å²) in [5.41, 5.74) is 2.48. The predicted molar refractivity (Wildman–Crippen MR) is 90.7 cm³/mol. The smallest absolute Gasteiger partial charge is 0.352 e. The molecule has 0 aliphatic rings. The maximum Gasteiger partial charge on any atom is 0.352 e. The molecule has 2 aromatic carbocycles. The number of aromatic amines is 1. The molecule has 0 unspecified atom stereocenters. The SMILES string of the molecule is O=C(O)c1cc2c(SCCCc3ccccc3)cccc2[nH]1. The number of carbonyl (C=O) groups is 1. The van der Waals surface area contributed by atoms with Gasteiger partial charge in [0.1, 0.15) is 5.69 Å². The Bertz CT molecular complexity index is 780. The number of benzene rings is 2. The van der Waals surface area contributed by atoms with Crippen LogP contribution in [0, 0.1) is 0 Å². The van der Waals surface area contributed by atoms with Gasteiger partial charge in [0.2, 0.25) is 0 Å². The Morgan fingerprint density at radius 2 is 1.91 bits per heavy atom. The Labute approximate surface area is 133 Å². The number of carboxylic acid groups (broad SMARTS) is 1. The van der Waals surface area contributed by atoms with Gasteiger partial charge in [-0.25, -0.2) is 4.79 Å². The third-order valence-corrected chi connectivity index (χ3v) is 4.72. The van der Waals surface area contributed by atoms with Gasteiger partial charge in [-0.3, -0.25) is 0 Å². The molecular formula is C18H17NO2S. The molecule has 0 bridgehead atoms. The number of hydrogen-bond acceptors (Lipinski definition) is 2.